The van der Waals surface area contributed by atoms with E-state index in [4.69, 9.17) is 28.3 Å². The Kier molecular flexibility index (Phi) is 64.6. The normalized spacial score (nSPS) is 6.12. The van der Waals surface area contributed by atoms with Crippen molar-refractivity contribution in [2.24, 2.45) is 0 Å². The molecule has 0 aromatic rings. The van der Waals surface area contributed by atoms with Gasteiger partial charge in [-0.2, -0.15) is 0 Å². The summed E-state index contributed by atoms with van der Waals surface area (Å²) in [5.74, 6) is 0. The van der Waals surface area contributed by atoms with Crippen LogP contribution in [-0.4, -0.2) is 0 Å². The molecule has 0 heterocycles. The van der Waals surface area contributed by atoms with Crippen LogP contribution in [0.1, 0.15) is 0 Å². The van der Waals surface area contributed by atoms with Crippen molar-refractivity contribution >= 4 is 28.3 Å². The third-order valence-corrected chi connectivity index (χ3v) is 0. The molecule has 0 radical (unpaired) electrons. The van der Waals surface area contributed by atoms with E-state index >= 15 is 0 Å². The van der Waals surface area contributed by atoms with Crippen molar-refractivity contribution in [3.8, 4) is 0 Å². The molecule has 0 amide bonds. The second-order valence-corrected chi connectivity index (χ2v) is 9.98. The first kappa shape index (κ1) is 22.9. The molecular weight excluding hydrogens is 404 g/mol. The van der Waals surface area contributed by atoms with Crippen LogP contribution in [0.3, 0.4) is 0 Å². The van der Waals surface area contributed by atoms with Gasteiger partial charge in [-0.3, -0.25) is 6.58 Å². The van der Waals surface area contributed by atoms with E-state index in [9.17, 15) is 0 Å². The molecule has 0 aromatic heterocycles. The fourth-order valence-corrected chi connectivity index (χ4v) is 0. The molecule has 0 aliphatic carbocycles. The summed E-state index contributed by atoms with van der Waals surface area (Å²) in [6.45, 7) is 7.00. The molecule has 0 N–H and O–H groups in total. The Balaban J connectivity index is -0.0000000183. The maximum atomic E-state index is 4.96. The van der Waals surface area contributed by atoms with Gasteiger partial charge in [-0.05, 0) is 0 Å². The van der Waals surface area contributed by atoms with Crippen molar-refractivity contribution in [2.75, 3.05) is 0 Å². The number of rotatable bonds is 0. The Bertz CT molecular complexity index is 26.5. The maximum absolute atomic E-state index is 4.96. The summed E-state index contributed by atoms with van der Waals surface area (Å²) in [5.41, 5.74) is 0. The quantitative estimate of drug-likeness (QED) is 0.292. The summed E-state index contributed by atoms with van der Waals surface area (Å²) in [6.07, 6.45) is 0. The summed E-state index contributed by atoms with van der Waals surface area (Å²) in [5, 5.41) is 0. The first-order valence-corrected chi connectivity index (χ1v) is 9.21. The van der Waals surface area contributed by atoms with E-state index in [2.05, 4.69) is 13.2 Å². The standard InChI is InChI=1S/C2H3.3ClH.2K.Pt/c1-2;;;;;;/h1H,2H2;3*1H;;;/q-1;;;;2*+1;+2/p-3. The molecule has 8 heavy (non-hydrogen) atoms. The predicted molar refractivity (Wildman–Crippen MR) is 27.5 cm³/mol. The molecule has 6 heteroatoms. The molecule has 0 bridgehead atoms. The van der Waals surface area contributed by atoms with Gasteiger partial charge in [-0.1, -0.05) is 0 Å². The molecule has 0 aromatic carbocycles. The van der Waals surface area contributed by atoms with Crippen molar-refractivity contribution in [1.82, 2.24) is 0 Å². The Morgan fingerprint density at radius 2 is 1.00 bits per heavy atom. The SMILES string of the molecule is [CH-]=C.[Cl][Pt-]([Cl])[Cl].[K+].[K+]. The number of hydrogen-bond acceptors (Lipinski definition) is 0. The topological polar surface area (TPSA) is 0 Å². The van der Waals surface area contributed by atoms with Gasteiger partial charge >= 0.3 is 145 Å². The van der Waals surface area contributed by atoms with E-state index in [1.54, 1.807) is 0 Å². The number of halogens is 3. The Morgan fingerprint density at radius 1 is 1.00 bits per heavy atom. The average Bonchev–Trinajstić information content (AvgIpc) is 1.41. The monoisotopic (exact) mass is 405 g/mol. The van der Waals surface area contributed by atoms with Crippen LogP contribution in [0.5, 0.6) is 0 Å². The van der Waals surface area contributed by atoms with E-state index in [-0.39, 0.29) is 103 Å². The zero-order chi connectivity index (χ0) is 5.58. The maximum Gasteiger partial charge on any atom is 1.00 e. The van der Waals surface area contributed by atoms with E-state index in [1.807, 2.05) is 0 Å². The van der Waals surface area contributed by atoms with Crippen LogP contribution in [0.15, 0.2) is 6.58 Å². The Hall–Kier alpha value is 4.57. The smallest absolute Gasteiger partial charge is 1.00 e. The van der Waals surface area contributed by atoms with Gasteiger partial charge < -0.3 is 6.58 Å². The minimum Gasteiger partial charge on any atom is 1.00 e. The Morgan fingerprint density at radius 3 is 1.00 bits per heavy atom. The predicted octanol–water partition coefficient (Wildman–Crippen LogP) is -3.32. The van der Waals surface area contributed by atoms with E-state index in [1.165, 1.54) is 0 Å². The van der Waals surface area contributed by atoms with Gasteiger partial charge in [0.05, 0.1) is 0 Å². The zero-order valence-electron chi connectivity index (χ0n) is 4.73. The van der Waals surface area contributed by atoms with Gasteiger partial charge in [0.2, 0.25) is 0 Å². The molecule has 0 fully saturated rings. The molecule has 0 saturated heterocycles. The van der Waals surface area contributed by atoms with Crippen LogP contribution >= 0.6 is 28.3 Å². The van der Waals surface area contributed by atoms with E-state index in [0.29, 0.717) is 0 Å². The van der Waals surface area contributed by atoms with Crippen molar-refractivity contribution in [3.05, 3.63) is 13.2 Å². The van der Waals surface area contributed by atoms with Crippen LogP contribution in [0.4, 0.5) is 0 Å². The molecule has 44 valence electrons. The van der Waals surface area contributed by atoms with Crippen LogP contribution in [0.2, 0.25) is 0 Å². The van der Waals surface area contributed by atoms with Crippen molar-refractivity contribution < 1.29 is 117 Å². The second-order valence-electron chi connectivity index (χ2n) is 0.136. The van der Waals surface area contributed by atoms with Crippen molar-refractivity contribution in [3.63, 3.8) is 0 Å². The summed E-state index contributed by atoms with van der Waals surface area (Å²) in [7, 11) is 14.9. The van der Waals surface area contributed by atoms with Crippen molar-refractivity contribution in [1.29, 1.82) is 0 Å². The van der Waals surface area contributed by atoms with Gasteiger partial charge in [0.25, 0.3) is 0 Å². The Labute approximate surface area is 153 Å². The second kappa shape index (κ2) is 22.6. The van der Waals surface area contributed by atoms with Gasteiger partial charge in [-0.15, -0.1) is 0 Å². The molecule has 0 aliphatic heterocycles. The molecule has 0 saturated carbocycles. The molecule has 0 unspecified atom stereocenters. The average molecular weight is 407 g/mol. The summed E-state index contributed by atoms with van der Waals surface area (Å²) >= 11 is -1.85. The summed E-state index contributed by atoms with van der Waals surface area (Å²) < 4.78 is 0. The minimum absolute atomic E-state index is 0. The third-order valence-electron chi connectivity index (χ3n) is 0. The zero-order valence-corrected chi connectivity index (χ0v) is 15.5. The third kappa shape index (κ3) is 46.3. The van der Waals surface area contributed by atoms with Crippen LogP contribution in [-0.2, 0) is 14.2 Å². The van der Waals surface area contributed by atoms with Crippen molar-refractivity contribution in [2.45, 2.75) is 0 Å². The minimum atomic E-state index is -1.85. The first-order valence-electron chi connectivity index (χ1n) is 0.767. The van der Waals surface area contributed by atoms with Crippen LogP contribution < -0.4 is 103 Å². The molecule has 0 atom stereocenters. The van der Waals surface area contributed by atoms with Crippen LogP contribution in [0.25, 0.3) is 0 Å². The van der Waals surface area contributed by atoms with Crippen LogP contribution in [0, 0.1) is 6.58 Å². The van der Waals surface area contributed by atoms with Gasteiger partial charge in [0.15, 0.2) is 0 Å². The molecular formula is C2H3Cl3K2Pt. The largest absolute Gasteiger partial charge is 1.00 e. The fraction of sp³-hybridized carbons (Fsp3) is 0. The summed E-state index contributed by atoms with van der Waals surface area (Å²) in [6, 6.07) is 0. The van der Waals surface area contributed by atoms with Gasteiger partial charge in [0.1, 0.15) is 0 Å². The summed E-state index contributed by atoms with van der Waals surface area (Å²) in [4.78, 5) is 0. The fourth-order valence-electron chi connectivity index (χ4n) is 0. The molecule has 0 spiro atoms. The van der Waals surface area contributed by atoms with Gasteiger partial charge in [-0.25, -0.2) is 0 Å². The van der Waals surface area contributed by atoms with E-state index < -0.39 is 14.2 Å². The first-order chi connectivity index (χ1) is 2.73. The number of hydrogen-bond donors (Lipinski definition) is 0. The molecule has 0 aliphatic rings. The van der Waals surface area contributed by atoms with Gasteiger partial charge in [0, 0.05) is 0 Å². The van der Waals surface area contributed by atoms with E-state index in [0.717, 1.165) is 0 Å². The molecule has 0 rings (SSSR count). The molecule has 0 nitrogen and oxygen atoms in total.